The lowest BCUT2D eigenvalue weighted by molar-refractivity contribution is 0.601. The van der Waals surface area contributed by atoms with Crippen molar-refractivity contribution in [1.82, 2.24) is 15.2 Å². The fourth-order valence-electron chi connectivity index (χ4n) is 2.06. The Morgan fingerprint density at radius 3 is 2.84 bits per heavy atom. The molecule has 2 aromatic heterocycles. The Bertz CT molecular complexity index is 680. The van der Waals surface area contributed by atoms with Gasteiger partial charge in [0.2, 0.25) is 0 Å². The van der Waals surface area contributed by atoms with Crippen molar-refractivity contribution in [3.05, 3.63) is 16.8 Å². The van der Waals surface area contributed by atoms with E-state index in [1.165, 1.54) is 22.4 Å². The van der Waals surface area contributed by atoms with Crippen LogP contribution in [0.25, 0.3) is 0 Å². The van der Waals surface area contributed by atoms with Crippen molar-refractivity contribution in [3.63, 3.8) is 0 Å². The molecule has 0 aromatic carbocycles. The molecule has 0 atom stereocenters. The zero-order valence-electron chi connectivity index (χ0n) is 10.0. The van der Waals surface area contributed by atoms with Crippen LogP contribution in [0.3, 0.4) is 0 Å². The number of thiazole rings is 1. The first-order valence-electron chi connectivity index (χ1n) is 5.86. The van der Waals surface area contributed by atoms with Crippen molar-refractivity contribution in [1.29, 1.82) is 0 Å². The molecule has 0 saturated carbocycles. The summed E-state index contributed by atoms with van der Waals surface area (Å²) in [5.41, 5.74) is 6.53. The van der Waals surface area contributed by atoms with E-state index in [0.717, 1.165) is 31.4 Å². The van der Waals surface area contributed by atoms with Crippen molar-refractivity contribution < 1.29 is 8.42 Å². The number of anilines is 2. The zero-order valence-corrected chi connectivity index (χ0v) is 11.6. The molecule has 2 aromatic rings. The van der Waals surface area contributed by atoms with Crippen LogP contribution in [-0.4, -0.2) is 23.6 Å². The van der Waals surface area contributed by atoms with Crippen LogP contribution >= 0.6 is 11.3 Å². The van der Waals surface area contributed by atoms with Crippen LogP contribution < -0.4 is 10.5 Å². The van der Waals surface area contributed by atoms with Gasteiger partial charge in [0.1, 0.15) is 10.7 Å². The maximum absolute atomic E-state index is 12.1. The molecule has 1 aliphatic rings. The topological polar surface area (TPSA) is 114 Å². The number of nitrogen functional groups attached to an aromatic ring is 1. The van der Waals surface area contributed by atoms with Crippen molar-refractivity contribution in [2.75, 3.05) is 10.5 Å². The van der Waals surface area contributed by atoms with Crippen LogP contribution in [0.1, 0.15) is 23.4 Å². The number of nitrogens with two attached hydrogens (primary N) is 1. The Kier molecular flexibility index (Phi) is 2.94. The Hall–Kier alpha value is -1.61. The largest absolute Gasteiger partial charge is 0.383 e. The number of aromatic amines is 1. The molecule has 19 heavy (non-hydrogen) atoms. The number of fused-ring (bicyclic) bond motifs is 1. The third-order valence-corrected chi connectivity index (χ3v) is 5.56. The zero-order chi connectivity index (χ0) is 13.5. The monoisotopic (exact) mass is 299 g/mol. The van der Waals surface area contributed by atoms with Gasteiger partial charge in [-0.05, 0) is 25.7 Å². The summed E-state index contributed by atoms with van der Waals surface area (Å²) in [5.74, 6) is 0.0221. The second-order valence-corrected chi connectivity index (χ2v) is 7.08. The molecule has 0 saturated heterocycles. The number of hydrogen-bond donors (Lipinski definition) is 3. The minimum atomic E-state index is -3.72. The molecule has 0 unspecified atom stereocenters. The van der Waals surface area contributed by atoms with Crippen LogP contribution in [0.5, 0.6) is 0 Å². The molecule has 7 nitrogen and oxygen atoms in total. The Morgan fingerprint density at radius 1 is 1.37 bits per heavy atom. The number of nitrogens with one attached hydrogen (secondary N) is 2. The second-order valence-electron chi connectivity index (χ2n) is 4.35. The van der Waals surface area contributed by atoms with Gasteiger partial charge in [0.05, 0.1) is 11.9 Å². The summed E-state index contributed by atoms with van der Waals surface area (Å²) in [7, 11) is -3.72. The summed E-state index contributed by atoms with van der Waals surface area (Å²) in [6.45, 7) is 0. The predicted molar refractivity (Wildman–Crippen MR) is 72.6 cm³/mol. The van der Waals surface area contributed by atoms with Gasteiger partial charge in [-0.25, -0.2) is 13.4 Å². The van der Waals surface area contributed by atoms with E-state index >= 15 is 0 Å². The molecular weight excluding hydrogens is 286 g/mol. The summed E-state index contributed by atoms with van der Waals surface area (Å²) in [6, 6.07) is 0. The number of H-pyrrole nitrogens is 1. The minimum Gasteiger partial charge on any atom is -0.383 e. The van der Waals surface area contributed by atoms with E-state index in [2.05, 4.69) is 19.9 Å². The number of sulfonamides is 1. The molecule has 0 fully saturated rings. The molecule has 0 aliphatic heterocycles. The number of rotatable bonds is 3. The molecule has 4 N–H and O–H groups in total. The smallest absolute Gasteiger partial charge is 0.268 e. The highest BCUT2D eigenvalue weighted by atomic mass is 32.2. The van der Waals surface area contributed by atoms with E-state index in [9.17, 15) is 8.42 Å². The molecule has 0 radical (unpaired) electrons. The van der Waals surface area contributed by atoms with Gasteiger partial charge < -0.3 is 5.73 Å². The van der Waals surface area contributed by atoms with Gasteiger partial charge in [0.15, 0.2) is 5.13 Å². The lowest BCUT2D eigenvalue weighted by Gasteiger charge is -2.06. The molecule has 9 heteroatoms. The third kappa shape index (κ3) is 2.30. The van der Waals surface area contributed by atoms with Crippen molar-refractivity contribution in [2.24, 2.45) is 0 Å². The predicted octanol–water partition coefficient (Wildman–Crippen LogP) is 1.13. The number of aromatic nitrogens is 3. The minimum absolute atomic E-state index is 0.0221. The highest BCUT2D eigenvalue weighted by Gasteiger charge is 2.22. The second kappa shape index (κ2) is 4.49. The van der Waals surface area contributed by atoms with Crippen LogP contribution in [-0.2, 0) is 22.9 Å². The van der Waals surface area contributed by atoms with Crippen molar-refractivity contribution in [2.45, 2.75) is 30.6 Å². The molecule has 102 valence electrons. The molecular formula is C10H13N5O2S2. The van der Waals surface area contributed by atoms with E-state index in [-0.39, 0.29) is 10.7 Å². The quantitative estimate of drug-likeness (QED) is 0.786. The van der Waals surface area contributed by atoms with E-state index in [1.807, 2.05) is 0 Å². The molecule has 2 heterocycles. The summed E-state index contributed by atoms with van der Waals surface area (Å²) in [4.78, 5) is 5.45. The van der Waals surface area contributed by atoms with Gasteiger partial charge in [-0.2, -0.15) is 5.10 Å². The first kappa shape index (κ1) is 12.4. The van der Waals surface area contributed by atoms with E-state index < -0.39 is 10.0 Å². The van der Waals surface area contributed by atoms with Gasteiger partial charge in [0, 0.05) is 4.88 Å². The molecule has 0 bridgehead atoms. The first-order valence-corrected chi connectivity index (χ1v) is 8.16. The maximum Gasteiger partial charge on any atom is 0.268 e. The summed E-state index contributed by atoms with van der Waals surface area (Å²) in [6.07, 6.45) is 5.32. The SMILES string of the molecule is Nc1[nH]ncc1S(=O)(=O)Nc1nc2c(s1)CCCC2. The summed E-state index contributed by atoms with van der Waals surface area (Å²) in [5, 5.41) is 6.41. The Balaban J connectivity index is 1.89. The molecule has 1 aliphatic carbocycles. The first-order chi connectivity index (χ1) is 9.06. The van der Waals surface area contributed by atoms with Gasteiger partial charge in [0.25, 0.3) is 10.0 Å². The van der Waals surface area contributed by atoms with Crippen LogP contribution in [0.4, 0.5) is 10.9 Å². The van der Waals surface area contributed by atoms with Crippen molar-refractivity contribution in [3.8, 4) is 0 Å². The van der Waals surface area contributed by atoms with Crippen LogP contribution in [0.2, 0.25) is 0 Å². The van der Waals surface area contributed by atoms with Gasteiger partial charge >= 0.3 is 0 Å². The maximum atomic E-state index is 12.1. The van der Waals surface area contributed by atoms with Crippen LogP contribution in [0.15, 0.2) is 11.1 Å². The summed E-state index contributed by atoms with van der Waals surface area (Å²) >= 11 is 1.39. The normalized spacial score (nSPS) is 15.2. The fourth-order valence-corrected chi connectivity index (χ4v) is 4.37. The fraction of sp³-hybridized carbons (Fsp3) is 0.400. The molecule has 3 rings (SSSR count). The average Bonchev–Trinajstić information content (AvgIpc) is 2.93. The lowest BCUT2D eigenvalue weighted by atomic mass is 10.0. The number of nitrogens with zero attached hydrogens (tertiary/aromatic N) is 2. The molecule has 0 spiro atoms. The third-order valence-electron chi connectivity index (χ3n) is 2.99. The Labute approximate surface area is 114 Å². The molecule has 0 amide bonds. The van der Waals surface area contributed by atoms with Gasteiger partial charge in [-0.3, -0.25) is 9.82 Å². The number of aryl methyl sites for hydroxylation is 2. The Morgan fingerprint density at radius 2 is 2.16 bits per heavy atom. The standard InChI is InChI=1S/C10H13N5O2S2/c11-9-8(5-12-14-9)19(16,17)15-10-13-6-3-1-2-4-7(6)18-10/h5H,1-4H2,(H,13,15)(H3,11,12,14). The van der Waals surface area contributed by atoms with Crippen LogP contribution in [0, 0.1) is 0 Å². The van der Waals surface area contributed by atoms with E-state index in [1.54, 1.807) is 0 Å². The van der Waals surface area contributed by atoms with Crippen molar-refractivity contribution >= 4 is 32.3 Å². The highest BCUT2D eigenvalue weighted by molar-refractivity contribution is 7.93. The van der Waals surface area contributed by atoms with E-state index in [4.69, 9.17) is 5.73 Å². The number of hydrogen-bond acceptors (Lipinski definition) is 6. The van der Waals surface area contributed by atoms with E-state index in [0.29, 0.717) is 5.13 Å². The van der Waals surface area contributed by atoms with Gasteiger partial charge in [-0.1, -0.05) is 0 Å². The average molecular weight is 299 g/mol. The highest BCUT2D eigenvalue weighted by Crippen LogP contribution is 2.31. The lowest BCUT2D eigenvalue weighted by Crippen LogP contribution is -2.13. The van der Waals surface area contributed by atoms with Gasteiger partial charge in [-0.15, -0.1) is 11.3 Å². The summed E-state index contributed by atoms with van der Waals surface area (Å²) < 4.78 is 26.7.